The molecule has 3 N–H and O–H groups in total. The Balaban J connectivity index is 2.34. The highest BCUT2D eigenvalue weighted by Gasteiger charge is 2.15. The van der Waals surface area contributed by atoms with Gasteiger partial charge in [-0.1, -0.05) is 29.3 Å². The molecule has 0 unspecified atom stereocenters. The Morgan fingerprint density at radius 1 is 1.16 bits per heavy atom. The number of hydrogen-bond acceptors (Lipinski definition) is 2. The maximum atomic E-state index is 13.1. The zero-order chi connectivity index (χ0) is 14.0. The summed E-state index contributed by atoms with van der Waals surface area (Å²) < 4.78 is 13.1. The molecule has 0 aliphatic carbocycles. The van der Waals surface area contributed by atoms with Crippen molar-refractivity contribution in [1.29, 1.82) is 0 Å². The van der Waals surface area contributed by atoms with Crippen LogP contribution in [-0.2, 0) is 0 Å². The summed E-state index contributed by atoms with van der Waals surface area (Å²) in [5.74, 6) is -1.05. The number of halogens is 3. The Morgan fingerprint density at radius 2 is 1.79 bits per heavy atom. The maximum absolute atomic E-state index is 13.1. The lowest BCUT2D eigenvalue weighted by atomic mass is 10.2. The van der Waals surface area contributed by atoms with E-state index in [-0.39, 0.29) is 27.0 Å². The van der Waals surface area contributed by atoms with E-state index < -0.39 is 11.7 Å². The van der Waals surface area contributed by atoms with E-state index in [1.807, 2.05) is 0 Å². The van der Waals surface area contributed by atoms with Crippen LogP contribution in [0.3, 0.4) is 0 Å². The van der Waals surface area contributed by atoms with Gasteiger partial charge in [-0.05, 0) is 30.3 Å². The Hall–Kier alpha value is -1.78. The second kappa shape index (κ2) is 5.47. The lowest BCUT2D eigenvalue weighted by Gasteiger charge is -2.10. The lowest BCUT2D eigenvalue weighted by molar-refractivity contribution is 0.102. The number of nitrogens with two attached hydrogens (primary N) is 1. The van der Waals surface area contributed by atoms with E-state index in [1.54, 1.807) is 6.07 Å². The predicted octanol–water partition coefficient (Wildman–Crippen LogP) is 3.97. The highest BCUT2D eigenvalue weighted by atomic mass is 35.5. The van der Waals surface area contributed by atoms with Gasteiger partial charge < -0.3 is 11.1 Å². The van der Waals surface area contributed by atoms with Crippen molar-refractivity contribution in [2.45, 2.75) is 0 Å². The van der Waals surface area contributed by atoms with E-state index in [9.17, 15) is 9.18 Å². The van der Waals surface area contributed by atoms with Gasteiger partial charge in [0.1, 0.15) is 5.82 Å². The van der Waals surface area contributed by atoms with Gasteiger partial charge in [-0.2, -0.15) is 0 Å². The van der Waals surface area contributed by atoms with E-state index in [2.05, 4.69) is 5.32 Å². The van der Waals surface area contributed by atoms with Crippen LogP contribution in [0.15, 0.2) is 36.4 Å². The third kappa shape index (κ3) is 2.97. The van der Waals surface area contributed by atoms with Gasteiger partial charge in [-0.3, -0.25) is 4.79 Å². The van der Waals surface area contributed by atoms with Crippen LogP contribution in [0.5, 0.6) is 0 Å². The lowest BCUT2D eigenvalue weighted by Crippen LogP contribution is -2.14. The van der Waals surface area contributed by atoms with Gasteiger partial charge in [0.2, 0.25) is 0 Å². The molecule has 3 nitrogen and oxygen atoms in total. The van der Waals surface area contributed by atoms with Gasteiger partial charge >= 0.3 is 0 Å². The van der Waals surface area contributed by atoms with Crippen molar-refractivity contribution < 1.29 is 9.18 Å². The van der Waals surface area contributed by atoms with Crippen LogP contribution < -0.4 is 11.1 Å². The minimum Gasteiger partial charge on any atom is -0.397 e. The number of anilines is 2. The van der Waals surface area contributed by atoms with Crippen molar-refractivity contribution in [3.05, 3.63) is 57.8 Å². The fourth-order valence-corrected chi connectivity index (χ4v) is 2.11. The highest BCUT2D eigenvalue weighted by molar-refractivity contribution is 6.40. The number of rotatable bonds is 2. The molecule has 0 saturated heterocycles. The molecule has 0 atom stereocenters. The third-order valence-corrected chi connectivity index (χ3v) is 3.08. The number of hydrogen-bond donors (Lipinski definition) is 2. The molecule has 98 valence electrons. The van der Waals surface area contributed by atoms with Crippen LogP contribution in [0, 0.1) is 5.82 Å². The van der Waals surface area contributed by atoms with E-state index in [0.717, 1.165) is 6.07 Å². The maximum Gasteiger partial charge on any atom is 0.258 e. The number of carbonyl (C=O) groups is 1. The van der Waals surface area contributed by atoms with Crippen molar-refractivity contribution in [3.63, 3.8) is 0 Å². The van der Waals surface area contributed by atoms with Gasteiger partial charge in [0.15, 0.2) is 0 Å². The van der Waals surface area contributed by atoms with Crippen LogP contribution in [0.4, 0.5) is 15.8 Å². The Morgan fingerprint density at radius 3 is 2.42 bits per heavy atom. The summed E-state index contributed by atoms with van der Waals surface area (Å²) in [6, 6.07) is 8.39. The smallest absolute Gasteiger partial charge is 0.258 e. The highest BCUT2D eigenvalue weighted by Crippen LogP contribution is 2.26. The fraction of sp³-hybridized carbons (Fsp3) is 0. The topological polar surface area (TPSA) is 55.1 Å². The second-order valence-electron chi connectivity index (χ2n) is 3.78. The zero-order valence-corrected chi connectivity index (χ0v) is 11.1. The van der Waals surface area contributed by atoms with E-state index in [0.29, 0.717) is 0 Å². The molecule has 1 amide bonds. The van der Waals surface area contributed by atoms with E-state index in [1.165, 1.54) is 24.3 Å². The minimum atomic E-state index is -0.548. The first-order chi connectivity index (χ1) is 8.99. The van der Waals surface area contributed by atoms with E-state index >= 15 is 0 Å². The number of nitrogens with one attached hydrogen (secondary N) is 1. The zero-order valence-electron chi connectivity index (χ0n) is 9.58. The molecule has 6 heteroatoms. The molecular formula is C13H9Cl2FN2O. The molecule has 0 saturated carbocycles. The largest absolute Gasteiger partial charge is 0.397 e. The monoisotopic (exact) mass is 298 g/mol. The standard InChI is InChI=1S/C13H9Cl2FN2O/c14-8-2-1-3-9(15)12(8)13(19)18-11-6-7(16)4-5-10(11)17/h1-6H,17H2,(H,18,19). The van der Waals surface area contributed by atoms with Crippen LogP contribution >= 0.6 is 23.2 Å². The van der Waals surface area contributed by atoms with Gasteiger partial charge in [0.25, 0.3) is 5.91 Å². The van der Waals surface area contributed by atoms with Crippen molar-refractivity contribution in [2.75, 3.05) is 11.1 Å². The molecule has 0 heterocycles. The van der Waals surface area contributed by atoms with Gasteiger partial charge in [-0.15, -0.1) is 0 Å². The number of amides is 1. The molecule has 0 fully saturated rings. The van der Waals surface area contributed by atoms with Crippen LogP contribution in [0.2, 0.25) is 10.0 Å². The first-order valence-electron chi connectivity index (χ1n) is 5.29. The third-order valence-electron chi connectivity index (χ3n) is 2.45. The first kappa shape index (κ1) is 13.6. The second-order valence-corrected chi connectivity index (χ2v) is 4.60. The van der Waals surface area contributed by atoms with Crippen molar-refractivity contribution >= 4 is 40.5 Å². The van der Waals surface area contributed by atoms with Crippen molar-refractivity contribution in [3.8, 4) is 0 Å². The summed E-state index contributed by atoms with van der Waals surface area (Å²) in [5.41, 5.74) is 6.18. The molecule has 0 aliphatic heterocycles. The van der Waals surface area contributed by atoms with Gasteiger partial charge in [0.05, 0.1) is 27.0 Å². The van der Waals surface area contributed by atoms with Crippen LogP contribution in [-0.4, -0.2) is 5.91 Å². The molecule has 0 radical (unpaired) electrons. The summed E-state index contributed by atoms with van der Waals surface area (Å²) in [5, 5.41) is 2.89. The van der Waals surface area contributed by atoms with Crippen molar-refractivity contribution in [2.24, 2.45) is 0 Å². The molecule has 2 rings (SSSR count). The first-order valence-corrected chi connectivity index (χ1v) is 6.05. The normalized spacial score (nSPS) is 10.3. The average Bonchev–Trinajstić information content (AvgIpc) is 2.33. The summed E-state index contributed by atoms with van der Waals surface area (Å²) >= 11 is 11.8. The number of nitrogen functional groups attached to an aromatic ring is 1. The van der Waals surface area contributed by atoms with Crippen LogP contribution in [0.25, 0.3) is 0 Å². The summed E-state index contributed by atoms with van der Waals surface area (Å²) in [4.78, 5) is 12.1. The molecular weight excluding hydrogens is 290 g/mol. The summed E-state index contributed by atoms with van der Waals surface area (Å²) in [6.45, 7) is 0. The van der Waals surface area contributed by atoms with Crippen LogP contribution in [0.1, 0.15) is 10.4 Å². The van der Waals surface area contributed by atoms with E-state index in [4.69, 9.17) is 28.9 Å². The molecule has 19 heavy (non-hydrogen) atoms. The fourth-order valence-electron chi connectivity index (χ4n) is 1.54. The number of carbonyl (C=O) groups excluding carboxylic acids is 1. The molecule has 2 aromatic rings. The Bertz CT molecular complexity index is 626. The minimum absolute atomic E-state index is 0.120. The molecule has 0 bridgehead atoms. The SMILES string of the molecule is Nc1ccc(F)cc1NC(=O)c1c(Cl)cccc1Cl. The molecule has 0 aliphatic rings. The number of benzene rings is 2. The van der Waals surface area contributed by atoms with Gasteiger partial charge in [-0.25, -0.2) is 4.39 Å². The quantitative estimate of drug-likeness (QED) is 0.824. The van der Waals surface area contributed by atoms with Gasteiger partial charge in [0, 0.05) is 0 Å². The van der Waals surface area contributed by atoms with Crippen molar-refractivity contribution in [1.82, 2.24) is 0 Å². The predicted molar refractivity (Wildman–Crippen MR) is 75.2 cm³/mol. The summed E-state index contributed by atoms with van der Waals surface area (Å²) in [6.07, 6.45) is 0. The Labute approximate surface area is 119 Å². The average molecular weight is 299 g/mol. The molecule has 0 aromatic heterocycles. The summed E-state index contributed by atoms with van der Waals surface area (Å²) in [7, 11) is 0. The Kier molecular flexibility index (Phi) is 3.93. The molecule has 0 spiro atoms. The molecule has 2 aromatic carbocycles.